The Hall–Kier alpha value is -2.24. The van der Waals surface area contributed by atoms with Crippen molar-refractivity contribution < 1.29 is 0 Å². The summed E-state index contributed by atoms with van der Waals surface area (Å²) in [7, 11) is 0. The summed E-state index contributed by atoms with van der Waals surface area (Å²) < 4.78 is 1.77. The van der Waals surface area contributed by atoms with E-state index in [4.69, 9.17) is 0 Å². The minimum atomic E-state index is -0.0968. The molecule has 2 fully saturated rings. The third-order valence-electron chi connectivity index (χ3n) is 5.71. The molecule has 6 nitrogen and oxygen atoms in total. The Balaban J connectivity index is 1.37. The van der Waals surface area contributed by atoms with Crippen LogP contribution in [-0.4, -0.2) is 32.6 Å². The lowest BCUT2D eigenvalue weighted by molar-refractivity contribution is 0.349. The van der Waals surface area contributed by atoms with Crippen LogP contribution in [0, 0.1) is 5.92 Å². The van der Waals surface area contributed by atoms with Crippen LogP contribution >= 0.6 is 0 Å². The van der Waals surface area contributed by atoms with E-state index >= 15 is 0 Å². The Bertz CT molecular complexity index is 857. The number of rotatable bonds is 4. The van der Waals surface area contributed by atoms with Crippen molar-refractivity contribution in [2.24, 2.45) is 5.92 Å². The molecule has 0 unspecified atom stereocenters. The first-order valence-corrected chi connectivity index (χ1v) is 10.0. The van der Waals surface area contributed by atoms with Crippen LogP contribution in [0.5, 0.6) is 0 Å². The van der Waals surface area contributed by atoms with Crippen LogP contribution in [0.2, 0.25) is 0 Å². The number of hydrogen-bond acceptors (Lipinski definition) is 5. The topological polar surface area (TPSA) is 63.9 Å². The van der Waals surface area contributed by atoms with Crippen LogP contribution in [-0.2, 0) is 12.0 Å². The number of aromatic nitrogens is 4. The van der Waals surface area contributed by atoms with Gasteiger partial charge in [-0.25, -0.2) is 15.0 Å². The van der Waals surface area contributed by atoms with Gasteiger partial charge in [-0.1, -0.05) is 20.8 Å². The van der Waals surface area contributed by atoms with E-state index in [2.05, 4.69) is 46.7 Å². The second-order valence-corrected chi connectivity index (χ2v) is 9.02. The Morgan fingerprint density at radius 1 is 1.04 bits per heavy atom. The van der Waals surface area contributed by atoms with Gasteiger partial charge in [-0.05, 0) is 31.6 Å². The molecule has 1 aliphatic heterocycles. The van der Waals surface area contributed by atoms with Crippen LogP contribution in [0.1, 0.15) is 63.8 Å². The van der Waals surface area contributed by atoms with Crippen molar-refractivity contribution in [3.63, 3.8) is 0 Å². The highest BCUT2D eigenvalue weighted by atomic mass is 16.1. The van der Waals surface area contributed by atoms with Gasteiger partial charge in [0, 0.05) is 48.8 Å². The molecule has 1 saturated heterocycles. The van der Waals surface area contributed by atoms with Gasteiger partial charge in [0.25, 0.3) is 5.56 Å². The molecule has 0 radical (unpaired) electrons. The number of anilines is 1. The Labute approximate surface area is 160 Å². The van der Waals surface area contributed by atoms with E-state index in [1.165, 1.54) is 18.5 Å². The van der Waals surface area contributed by atoms with Gasteiger partial charge >= 0.3 is 0 Å². The van der Waals surface area contributed by atoms with E-state index in [1.807, 2.05) is 0 Å². The van der Waals surface area contributed by atoms with Crippen molar-refractivity contribution >= 4 is 5.82 Å². The number of nitrogens with zero attached hydrogens (tertiary/aromatic N) is 5. The quantitative estimate of drug-likeness (QED) is 0.831. The molecule has 0 aromatic carbocycles. The fourth-order valence-electron chi connectivity index (χ4n) is 3.73. The average Bonchev–Trinajstić information content (AvgIpc) is 3.48. The molecule has 2 aliphatic rings. The largest absolute Gasteiger partial charge is 0.356 e. The van der Waals surface area contributed by atoms with E-state index in [-0.39, 0.29) is 11.0 Å². The third kappa shape index (κ3) is 4.20. The minimum Gasteiger partial charge on any atom is -0.356 e. The minimum absolute atomic E-state index is 0.0576. The summed E-state index contributed by atoms with van der Waals surface area (Å²) in [6.07, 6.45) is 8.08. The second kappa shape index (κ2) is 7.06. The second-order valence-electron chi connectivity index (χ2n) is 9.02. The first-order chi connectivity index (χ1) is 12.9. The van der Waals surface area contributed by atoms with Crippen molar-refractivity contribution in [3.8, 4) is 0 Å². The maximum absolute atomic E-state index is 12.4. The van der Waals surface area contributed by atoms with Gasteiger partial charge in [-0.2, -0.15) is 0 Å². The predicted molar refractivity (Wildman–Crippen MR) is 106 cm³/mol. The smallest absolute Gasteiger partial charge is 0.253 e. The summed E-state index contributed by atoms with van der Waals surface area (Å²) in [4.78, 5) is 28.2. The van der Waals surface area contributed by atoms with E-state index in [1.54, 1.807) is 23.3 Å². The summed E-state index contributed by atoms with van der Waals surface area (Å²) in [5, 5.41) is 0. The van der Waals surface area contributed by atoms with E-state index < -0.39 is 0 Å². The van der Waals surface area contributed by atoms with Crippen LogP contribution in [0.3, 0.4) is 0 Å². The summed E-state index contributed by atoms with van der Waals surface area (Å²) >= 11 is 0. The Kier molecular flexibility index (Phi) is 4.74. The molecule has 3 heterocycles. The third-order valence-corrected chi connectivity index (χ3v) is 5.71. The fraction of sp³-hybridized carbons (Fsp3) is 0.619. The van der Waals surface area contributed by atoms with Crippen molar-refractivity contribution in [1.82, 2.24) is 19.5 Å². The van der Waals surface area contributed by atoms with Gasteiger partial charge in [0.15, 0.2) is 0 Å². The zero-order valence-corrected chi connectivity index (χ0v) is 16.6. The molecular weight excluding hydrogens is 338 g/mol. The lowest BCUT2D eigenvalue weighted by atomic mass is 9.92. The number of hydrogen-bond donors (Lipinski definition) is 0. The molecule has 144 valence electrons. The number of piperidine rings is 1. The van der Waals surface area contributed by atoms with Crippen LogP contribution in [0.15, 0.2) is 29.6 Å². The molecule has 27 heavy (non-hydrogen) atoms. The molecule has 2 aromatic rings. The van der Waals surface area contributed by atoms with Gasteiger partial charge in [-0.3, -0.25) is 9.36 Å². The normalized spacial score (nSPS) is 18.7. The summed E-state index contributed by atoms with van der Waals surface area (Å²) in [5.74, 6) is 2.21. The monoisotopic (exact) mass is 367 g/mol. The highest BCUT2D eigenvalue weighted by Crippen LogP contribution is 2.39. The van der Waals surface area contributed by atoms with Crippen molar-refractivity contribution in [3.05, 3.63) is 46.5 Å². The molecule has 0 N–H and O–H groups in total. The lowest BCUT2D eigenvalue weighted by Gasteiger charge is -2.33. The molecule has 1 aliphatic carbocycles. The molecule has 6 heteroatoms. The van der Waals surface area contributed by atoms with E-state index in [9.17, 15) is 4.79 Å². The summed E-state index contributed by atoms with van der Waals surface area (Å²) in [6.45, 7) is 8.95. The zero-order chi connectivity index (χ0) is 19.0. The van der Waals surface area contributed by atoms with Gasteiger partial charge in [0.05, 0.1) is 12.0 Å². The molecule has 4 rings (SSSR count). The first kappa shape index (κ1) is 18.1. The van der Waals surface area contributed by atoms with Crippen molar-refractivity contribution in [1.29, 1.82) is 0 Å². The van der Waals surface area contributed by atoms with E-state index in [0.717, 1.165) is 44.0 Å². The zero-order valence-electron chi connectivity index (χ0n) is 16.6. The van der Waals surface area contributed by atoms with Gasteiger partial charge in [-0.15, -0.1) is 0 Å². The molecule has 0 bridgehead atoms. The van der Waals surface area contributed by atoms with Crippen molar-refractivity contribution in [2.75, 3.05) is 18.0 Å². The summed E-state index contributed by atoms with van der Waals surface area (Å²) in [6, 6.07) is 3.85. The standard InChI is InChI=1S/C21H29N5O/c1-21(2,3)18-11-20(27)26(14-24-18)12-15-6-8-25(9-7-15)19-10-17(16-4-5-16)22-13-23-19/h10-11,13-16H,4-9,12H2,1-3H3. The van der Waals surface area contributed by atoms with Crippen molar-refractivity contribution in [2.45, 2.75) is 64.3 Å². The fourth-order valence-corrected chi connectivity index (χ4v) is 3.73. The lowest BCUT2D eigenvalue weighted by Crippen LogP contribution is -2.37. The van der Waals surface area contributed by atoms with Crippen LogP contribution in [0.4, 0.5) is 5.82 Å². The average molecular weight is 367 g/mol. The Morgan fingerprint density at radius 2 is 1.78 bits per heavy atom. The SMILES string of the molecule is CC(C)(C)c1cc(=O)n(CC2CCN(c3cc(C4CC4)ncn3)CC2)cn1. The molecular formula is C21H29N5O. The van der Waals surface area contributed by atoms with Gasteiger partial charge in [0.1, 0.15) is 12.1 Å². The summed E-state index contributed by atoms with van der Waals surface area (Å²) in [5.41, 5.74) is 2.01. The molecule has 0 atom stereocenters. The van der Waals surface area contributed by atoms with E-state index in [0.29, 0.717) is 11.8 Å². The molecule has 0 amide bonds. The first-order valence-electron chi connectivity index (χ1n) is 10.0. The maximum atomic E-state index is 12.4. The molecule has 0 spiro atoms. The predicted octanol–water partition coefficient (Wildman–Crippen LogP) is 3.12. The Morgan fingerprint density at radius 3 is 2.41 bits per heavy atom. The van der Waals surface area contributed by atoms with Gasteiger partial charge in [0.2, 0.25) is 0 Å². The van der Waals surface area contributed by atoms with Crippen LogP contribution < -0.4 is 10.5 Å². The van der Waals surface area contributed by atoms with Crippen LogP contribution in [0.25, 0.3) is 0 Å². The highest BCUT2D eigenvalue weighted by Gasteiger charge is 2.27. The molecule has 1 saturated carbocycles. The maximum Gasteiger partial charge on any atom is 0.253 e. The highest BCUT2D eigenvalue weighted by molar-refractivity contribution is 5.40. The van der Waals surface area contributed by atoms with Gasteiger partial charge < -0.3 is 4.90 Å². The molecule has 2 aromatic heterocycles.